The Labute approximate surface area is 255 Å². The van der Waals surface area contributed by atoms with Gasteiger partial charge < -0.3 is 24.0 Å². The maximum absolute atomic E-state index is 14.1. The van der Waals surface area contributed by atoms with Gasteiger partial charge in [-0.05, 0) is 71.0 Å². The number of ether oxygens (including phenoxy) is 3. The minimum absolute atomic E-state index is 0.0114. The van der Waals surface area contributed by atoms with Crippen molar-refractivity contribution in [3.8, 4) is 11.1 Å². The standard InChI is InChI=1S/C36H42N2O5/c1-37(2)31-16-14-28(15-17-31)33-18-12-27(22-30(33)24-35-42-20-21-43-35)25-38(36(40)29-9-5-4-6-10-29)32-11-7-8-26(23-32)13-19-34(39)41-3/h7-8,11-19,22-23,29,35H,4-6,9-10,20-21,24-25H2,1-3H3/b19-13+. The number of carbonyl (C=O) groups is 2. The molecule has 1 saturated carbocycles. The van der Waals surface area contributed by atoms with E-state index in [4.69, 9.17) is 14.2 Å². The summed E-state index contributed by atoms with van der Waals surface area (Å²) >= 11 is 0. The summed E-state index contributed by atoms with van der Waals surface area (Å²) in [6.07, 6.45) is 8.64. The summed E-state index contributed by atoms with van der Waals surface area (Å²) in [5.74, 6) is -0.252. The van der Waals surface area contributed by atoms with Crippen molar-refractivity contribution < 1.29 is 23.8 Å². The van der Waals surface area contributed by atoms with Gasteiger partial charge >= 0.3 is 5.97 Å². The average Bonchev–Trinajstić information content (AvgIpc) is 3.56. The smallest absolute Gasteiger partial charge is 0.330 e. The predicted molar refractivity (Wildman–Crippen MR) is 171 cm³/mol. The first kappa shape index (κ1) is 30.5. The van der Waals surface area contributed by atoms with Crippen molar-refractivity contribution in [2.24, 2.45) is 5.92 Å². The Morgan fingerprint density at radius 1 is 0.907 bits per heavy atom. The normalized spacial score (nSPS) is 16.0. The van der Waals surface area contributed by atoms with Gasteiger partial charge in [0.05, 0.1) is 26.9 Å². The van der Waals surface area contributed by atoms with E-state index >= 15 is 0 Å². The summed E-state index contributed by atoms with van der Waals surface area (Å²) < 4.78 is 16.4. The number of carbonyl (C=O) groups excluding carboxylic acids is 2. The molecule has 0 unspecified atom stereocenters. The highest BCUT2D eigenvalue weighted by molar-refractivity contribution is 5.95. The Hall–Kier alpha value is -3.94. The summed E-state index contributed by atoms with van der Waals surface area (Å²) in [6, 6.07) is 22.8. The molecular weight excluding hydrogens is 540 g/mol. The van der Waals surface area contributed by atoms with Gasteiger partial charge in [-0.1, -0.05) is 61.7 Å². The molecule has 226 valence electrons. The third-order valence-corrected chi connectivity index (χ3v) is 8.30. The molecule has 7 heteroatoms. The third kappa shape index (κ3) is 7.92. The first-order valence-electron chi connectivity index (χ1n) is 15.2. The van der Waals surface area contributed by atoms with Gasteiger partial charge in [0, 0.05) is 43.9 Å². The number of benzene rings is 3. The Balaban J connectivity index is 1.48. The Kier molecular flexibility index (Phi) is 10.3. The maximum atomic E-state index is 14.1. The van der Waals surface area contributed by atoms with Crippen molar-refractivity contribution in [3.05, 3.63) is 89.5 Å². The second kappa shape index (κ2) is 14.5. The molecule has 0 aromatic heterocycles. The molecule has 1 aliphatic carbocycles. The molecule has 0 radical (unpaired) electrons. The van der Waals surface area contributed by atoms with Crippen LogP contribution in [-0.2, 0) is 36.8 Å². The molecule has 3 aromatic carbocycles. The van der Waals surface area contributed by atoms with E-state index in [9.17, 15) is 9.59 Å². The van der Waals surface area contributed by atoms with Crippen LogP contribution in [0.2, 0.25) is 0 Å². The minimum Gasteiger partial charge on any atom is -0.466 e. The molecular formula is C36H42N2O5. The molecule has 0 bridgehead atoms. The van der Waals surface area contributed by atoms with E-state index in [2.05, 4.69) is 47.4 Å². The van der Waals surface area contributed by atoms with Crippen LogP contribution in [-0.4, -0.2) is 52.6 Å². The van der Waals surface area contributed by atoms with Gasteiger partial charge in [0.15, 0.2) is 6.29 Å². The summed E-state index contributed by atoms with van der Waals surface area (Å²) in [5, 5.41) is 0. The topological polar surface area (TPSA) is 68.3 Å². The van der Waals surface area contributed by atoms with E-state index < -0.39 is 5.97 Å². The van der Waals surface area contributed by atoms with Crippen LogP contribution < -0.4 is 9.80 Å². The summed E-state index contributed by atoms with van der Waals surface area (Å²) in [7, 11) is 5.43. The van der Waals surface area contributed by atoms with Gasteiger partial charge in [0.25, 0.3) is 0 Å². The third-order valence-electron chi connectivity index (χ3n) is 8.30. The van der Waals surface area contributed by atoms with Gasteiger partial charge in [0.1, 0.15) is 0 Å². The second-order valence-electron chi connectivity index (χ2n) is 11.5. The Morgan fingerprint density at radius 3 is 2.35 bits per heavy atom. The van der Waals surface area contributed by atoms with Gasteiger partial charge in [-0.25, -0.2) is 4.79 Å². The van der Waals surface area contributed by atoms with Crippen molar-refractivity contribution in [2.75, 3.05) is 44.2 Å². The number of hydrogen-bond donors (Lipinski definition) is 0. The zero-order valence-corrected chi connectivity index (χ0v) is 25.5. The Morgan fingerprint density at radius 2 is 1.65 bits per heavy atom. The number of hydrogen-bond acceptors (Lipinski definition) is 6. The minimum atomic E-state index is -0.417. The molecule has 3 aromatic rings. The van der Waals surface area contributed by atoms with E-state index in [0.717, 1.165) is 64.9 Å². The molecule has 1 aliphatic heterocycles. The fourth-order valence-corrected chi connectivity index (χ4v) is 5.92. The molecule has 1 saturated heterocycles. The summed E-state index contributed by atoms with van der Waals surface area (Å²) in [4.78, 5) is 29.8. The zero-order chi connectivity index (χ0) is 30.2. The molecule has 2 aliphatic rings. The lowest BCUT2D eigenvalue weighted by atomic mass is 9.88. The average molecular weight is 583 g/mol. The highest BCUT2D eigenvalue weighted by Gasteiger charge is 2.28. The second-order valence-corrected chi connectivity index (χ2v) is 11.5. The fourth-order valence-electron chi connectivity index (χ4n) is 5.92. The van der Waals surface area contributed by atoms with Crippen molar-refractivity contribution in [2.45, 2.75) is 51.4 Å². The van der Waals surface area contributed by atoms with Gasteiger partial charge in [-0.15, -0.1) is 0 Å². The van der Waals surface area contributed by atoms with E-state index in [1.165, 1.54) is 19.6 Å². The monoisotopic (exact) mass is 582 g/mol. The molecule has 0 spiro atoms. The number of amides is 1. The van der Waals surface area contributed by atoms with Crippen LogP contribution in [0.4, 0.5) is 11.4 Å². The van der Waals surface area contributed by atoms with Crippen LogP contribution in [0, 0.1) is 5.92 Å². The van der Waals surface area contributed by atoms with Crippen LogP contribution in [0.5, 0.6) is 0 Å². The highest BCUT2D eigenvalue weighted by atomic mass is 16.7. The zero-order valence-electron chi connectivity index (χ0n) is 25.5. The summed E-state index contributed by atoms with van der Waals surface area (Å²) in [6.45, 7) is 1.64. The maximum Gasteiger partial charge on any atom is 0.330 e. The number of methoxy groups -OCH3 is 1. The van der Waals surface area contributed by atoms with Gasteiger partial charge in [-0.3, -0.25) is 4.79 Å². The molecule has 7 nitrogen and oxygen atoms in total. The Bertz CT molecular complexity index is 1420. The SMILES string of the molecule is COC(=O)/C=C/c1cccc(N(Cc2ccc(-c3ccc(N(C)C)cc3)c(CC3OCCO3)c2)C(=O)C2CCCCC2)c1. The largest absolute Gasteiger partial charge is 0.466 e. The molecule has 43 heavy (non-hydrogen) atoms. The van der Waals surface area contributed by atoms with E-state index in [1.807, 2.05) is 43.3 Å². The molecule has 0 N–H and O–H groups in total. The van der Waals surface area contributed by atoms with Crippen molar-refractivity contribution >= 4 is 29.3 Å². The molecule has 0 atom stereocenters. The van der Waals surface area contributed by atoms with E-state index in [-0.39, 0.29) is 18.1 Å². The summed E-state index contributed by atoms with van der Waals surface area (Å²) in [5.41, 5.74) is 7.22. The van der Waals surface area contributed by atoms with Crippen LogP contribution in [0.15, 0.2) is 72.8 Å². The quantitative estimate of drug-likeness (QED) is 0.197. The van der Waals surface area contributed by atoms with E-state index in [0.29, 0.717) is 26.2 Å². The first-order valence-corrected chi connectivity index (χ1v) is 15.2. The van der Waals surface area contributed by atoms with Crippen LogP contribution >= 0.6 is 0 Å². The number of nitrogens with zero attached hydrogens (tertiary/aromatic N) is 2. The van der Waals surface area contributed by atoms with Crippen molar-refractivity contribution in [3.63, 3.8) is 0 Å². The molecule has 1 amide bonds. The van der Waals surface area contributed by atoms with E-state index in [1.54, 1.807) is 6.08 Å². The number of anilines is 2. The van der Waals surface area contributed by atoms with Gasteiger partial charge in [0.2, 0.25) is 5.91 Å². The molecule has 1 heterocycles. The number of rotatable bonds is 10. The lowest BCUT2D eigenvalue weighted by molar-refractivity contribution is -0.134. The lowest BCUT2D eigenvalue weighted by Crippen LogP contribution is -2.36. The lowest BCUT2D eigenvalue weighted by Gasteiger charge is -2.30. The molecule has 5 rings (SSSR count). The van der Waals surface area contributed by atoms with Gasteiger partial charge in [-0.2, -0.15) is 0 Å². The number of esters is 1. The first-order chi connectivity index (χ1) is 20.9. The molecule has 2 fully saturated rings. The van der Waals surface area contributed by atoms with Crippen LogP contribution in [0.25, 0.3) is 17.2 Å². The van der Waals surface area contributed by atoms with Crippen LogP contribution in [0.1, 0.15) is 48.8 Å². The predicted octanol–water partition coefficient (Wildman–Crippen LogP) is 6.63. The fraction of sp³-hybridized carbons (Fsp3) is 0.389. The van der Waals surface area contributed by atoms with Crippen molar-refractivity contribution in [1.82, 2.24) is 0 Å². The van der Waals surface area contributed by atoms with Crippen LogP contribution in [0.3, 0.4) is 0 Å². The van der Waals surface area contributed by atoms with Crippen molar-refractivity contribution in [1.29, 1.82) is 0 Å². The highest BCUT2D eigenvalue weighted by Crippen LogP contribution is 2.32.